The topological polar surface area (TPSA) is 33.2 Å². The van der Waals surface area contributed by atoms with Crippen molar-refractivity contribution in [2.24, 2.45) is 0 Å². The van der Waals surface area contributed by atoms with Crippen LogP contribution < -0.4 is 0 Å². The quantitative estimate of drug-likeness (QED) is 0.860. The van der Waals surface area contributed by atoms with Crippen molar-refractivity contribution in [2.45, 2.75) is 12.6 Å². The Kier molecular flexibility index (Phi) is 4.37. The van der Waals surface area contributed by atoms with Crippen molar-refractivity contribution in [2.75, 3.05) is 13.6 Å². The Morgan fingerprint density at radius 2 is 2.00 bits per heavy atom. The van der Waals surface area contributed by atoms with Crippen molar-refractivity contribution in [1.29, 1.82) is 0 Å². The van der Waals surface area contributed by atoms with Crippen molar-refractivity contribution in [3.8, 4) is 0 Å². The van der Waals surface area contributed by atoms with Crippen LogP contribution in [0.1, 0.15) is 16.9 Å². The highest BCUT2D eigenvalue weighted by molar-refractivity contribution is 6.35. The monoisotopic (exact) mass is 316 g/mol. The second-order valence-corrected chi connectivity index (χ2v) is 5.01. The molecule has 0 saturated carbocycles. The zero-order valence-corrected chi connectivity index (χ0v) is 11.9. The van der Waals surface area contributed by atoms with Gasteiger partial charge in [-0.3, -0.25) is 4.79 Å². The molecule has 1 aromatic carbocycles. The lowest BCUT2D eigenvalue weighted by molar-refractivity contribution is -0.136. The molecule has 7 heteroatoms. The molecule has 0 fully saturated rings. The number of alkyl halides is 3. The van der Waals surface area contributed by atoms with Crippen LogP contribution in [0.5, 0.6) is 0 Å². The van der Waals surface area contributed by atoms with E-state index < -0.39 is 25.0 Å². The number of pyridine rings is 1. The fourth-order valence-corrected chi connectivity index (χ4v) is 2.10. The van der Waals surface area contributed by atoms with E-state index in [1.807, 2.05) is 0 Å². The van der Waals surface area contributed by atoms with Crippen LogP contribution in [0.4, 0.5) is 13.2 Å². The molecule has 112 valence electrons. The molecule has 2 aromatic rings. The second-order valence-electron chi connectivity index (χ2n) is 4.60. The number of fused-ring (bicyclic) bond motifs is 1. The molecule has 21 heavy (non-hydrogen) atoms. The highest BCUT2D eigenvalue weighted by Crippen LogP contribution is 2.24. The largest absolute Gasteiger partial charge is 0.390 e. The minimum absolute atomic E-state index is 0.0309. The second kappa shape index (κ2) is 5.89. The van der Waals surface area contributed by atoms with E-state index in [0.717, 1.165) is 4.90 Å². The Morgan fingerprint density at radius 1 is 1.33 bits per heavy atom. The average molecular weight is 317 g/mol. The third-order valence-corrected chi connectivity index (χ3v) is 3.27. The Hall–Kier alpha value is -1.82. The standard InChI is InChI=1S/C14H12ClF3N2O/c1-20(7-6-14(16,17)18)13(21)12-8-10(15)9-4-2-3-5-11(9)19-12/h2-5,8H,6-7H2,1H3. The van der Waals surface area contributed by atoms with Crippen LogP contribution in [0.3, 0.4) is 0 Å². The van der Waals surface area contributed by atoms with Crippen molar-refractivity contribution in [1.82, 2.24) is 9.88 Å². The van der Waals surface area contributed by atoms with Gasteiger partial charge in [0.1, 0.15) is 5.69 Å². The Bertz CT molecular complexity index is 673. The van der Waals surface area contributed by atoms with Crippen LogP contribution >= 0.6 is 11.6 Å². The summed E-state index contributed by atoms with van der Waals surface area (Å²) in [5.74, 6) is -0.591. The predicted molar refractivity (Wildman–Crippen MR) is 74.4 cm³/mol. The molecule has 0 unspecified atom stereocenters. The number of hydrogen-bond acceptors (Lipinski definition) is 2. The zero-order chi connectivity index (χ0) is 15.6. The van der Waals surface area contributed by atoms with E-state index in [1.54, 1.807) is 24.3 Å². The van der Waals surface area contributed by atoms with Crippen LogP contribution in [0, 0.1) is 0 Å². The van der Waals surface area contributed by atoms with E-state index in [2.05, 4.69) is 4.98 Å². The molecule has 1 heterocycles. The summed E-state index contributed by atoms with van der Waals surface area (Å²) in [5, 5.41) is 1.03. The van der Waals surface area contributed by atoms with Crippen LogP contribution in [0.25, 0.3) is 10.9 Å². The lowest BCUT2D eigenvalue weighted by Gasteiger charge is -2.18. The maximum Gasteiger partial charge on any atom is 0.390 e. The Balaban J connectivity index is 2.23. The normalized spacial score (nSPS) is 11.7. The number of carbonyl (C=O) groups is 1. The first-order valence-electron chi connectivity index (χ1n) is 6.15. The van der Waals surface area contributed by atoms with Crippen LogP contribution in [-0.2, 0) is 0 Å². The molecule has 0 bridgehead atoms. The van der Waals surface area contributed by atoms with E-state index in [1.165, 1.54) is 13.1 Å². The molecule has 2 rings (SSSR count). The first-order valence-corrected chi connectivity index (χ1v) is 6.53. The van der Waals surface area contributed by atoms with E-state index >= 15 is 0 Å². The fraction of sp³-hybridized carbons (Fsp3) is 0.286. The molecule has 0 aliphatic carbocycles. The number of nitrogens with zero attached hydrogens (tertiary/aromatic N) is 2. The summed E-state index contributed by atoms with van der Waals surface area (Å²) in [6, 6.07) is 8.34. The molecule has 0 aliphatic heterocycles. The lowest BCUT2D eigenvalue weighted by Crippen LogP contribution is -2.31. The van der Waals surface area contributed by atoms with Gasteiger partial charge >= 0.3 is 6.18 Å². The molecule has 0 spiro atoms. The lowest BCUT2D eigenvalue weighted by atomic mass is 10.2. The summed E-state index contributed by atoms with van der Waals surface area (Å²) in [7, 11) is 1.30. The minimum Gasteiger partial charge on any atom is -0.340 e. The van der Waals surface area contributed by atoms with Crippen molar-refractivity contribution >= 4 is 28.4 Å². The summed E-state index contributed by atoms with van der Waals surface area (Å²) in [6.45, 7) is -0.422. The number of rotatable bonds is 3. The van der Waals surface area contributed by atoms with Gasteiger partial charge in [0.2, 0.25) is 0 Å². The van der Waals surface area contributed by atoms with Gasteiger partial charge in [0.15, 0.2) is 0 Å². The highest BCUT2D eigenvalue weighted by atomic mass is 35.5. The molecular formula is C14H12ClF3N2O. The third-order valence-electron chi connectivity index (χ3n) is 2.96. The molecule has 0 atom stereocenters. The molecule has 0 N–H and O–H groups in total. The summed E-state index contributed by atoms with van der Waals surface area (Å²) >= 11 is 6.07. The third kappa shape index (κ3) is 3.85. The summed E-state index contributed by atoms with van der Waals surface area (Å²) < 4.78 is 36.5. The summed E-state index contributed by atoms with van der Waals surface area (Å²) in [6.07, 6.45) is -5.36. The molecular weight excluding hydrogens is 305 g/mol. The van der Waals surface area contributed by atoms with Gasteiger partial charge in [-0.2, -0.15) is 13.2 Å². The predicted octanol–water partition coefficient (Wildman–Crippen LogP) is 3.91. The molecule has 0 aliphatic rings. The Labute approximate surface area is 124 Å². The van der Waals surface area contributed by atoms with Crippen molar-refractivity contribution in [3.63, 3.8) is 0 Å². The van der Waals surface area contributed by atoms with Gasteiger partial charge in [-0.15, -0.1) is 0 Å². The van der Waals surface area contributed by atoms with Crippen LogP contribution in [0.2, 0.25) is 5.02 Å². The SMILES string of the molecule is CN(CCC(F)(F)F)C(=O)c1cc(Cl)c2ccccc2n1. The smallest absolute Gasteiger partial charge is 0.340 e. The number of benzene rings is 1. The van der Waals surface area contributed by atoms with E-state index in [-0.39, 0.29) is 5.69 Å². The van der Waals surface area contributed by atoms with Gasteiger partial charge in [0.25, 0.3) is 5.91 Å². The molecule has 1 amide bonds. The maximum absolute atomic E-state index is 12.2. The number of hydrogen-bond donors (Lipinski definition) is 0. The molecule has 1 aromatic heterocycles. The van der Waals surface area contributed by atoms with Gasteiger partial charge in [-0.25, -0.2) is 4.98 Å². The van der Waals surface area contributed by atoms with Crippen LogP contribution in [-0.4, -0.2) is 35.6 Å². The zero-order valence-electron chi connectivity index (χ0n) is 11.1. The first-order chi connectivity index (χ1) is 9.78. The summed E-state index contributed by atoms with van der Waals surface area (Å²) in [4.78, 5) is 17.2. The minimum atomic E-state index is -4.30. The highest BCUT2D eigenvalue weighted by Gasteiger charge is 2.28. The number of carbonyl (C=O) groups excluding carboxylic acids is 1. The van der Waals surface area contributed by atoms with Gasteiger partial charge in [0, 0.05) is 19.0 Å². The summed E-state index contributed by atoms with van der Waals surface area (Å²) in [5.41, 5.74) is 0.556. The number of para-hydroxylation sites is 1. The average Bonchev–Trinajstić information content (AvgIpc) is 2.43. The van der Waals surface area contributed by atoms with Gasteiger partial charge in [0.05, 0.1) is 17.0 Å². The van der Waals surface area contributed by atoms with E-state index in [9.17, 15) is 18.0 Å². The van der Waals surface area contributed by atoms with E-state index in [4.69, 9.17) is 11.6 Å². The Morgan fingerprint density at radius 3 is 2.67 bits per heavy atom. The van der Waals surface area contributed by atoms with Gasteiger partial charge < -0.3 is 4.90 Å². The molecule has 0 radical (unpaired) electrons. The van der Waals surface area contributed by atoms with Crippen LogP contribution in [0.15, 0.2) is 30.3 Å². The molecule has 0 saturated heterocycles. The number of amides is 1. The van der Waals surface area contributed by atoms with Gasteiger partial charge in [-0.05, 0) is 12.1 Å². The fourth-order valence-electron chi connectivity index (χ4n) is 1.83. The van der Waals surface area contributed by atoms with Gasteiger partial charge in [-0.1, -0.05) is 29.8 Å². The maximum atomic E-state index is 12.2. The van der Waals surface area contributed by atoms with E-state index in [0.29, 0.717) is 15.9 Å². The van der Waals surface area contributed by atoms with Crippen molar-refractivity contribution < 1.29 is 18.0 Å². The number of aromatic nitrogens is 1. The van der Waals surface area contributed by atoms with Crippen molar-refractivity contribution in [3.05, 3.63) is 41.0 Å². The molecule has 3 nitrogen and oxygen atoms in total. The number of halogens is 4. The first kappa shape index (κ1) is 15.6.